The molecule has 100 valence electrons. The predicted octanol–water partition coefficient (Wildman–Crippen LogP) is 0.927. The van der Waals surface area contributed by atoms with Crippen LogP contribution in [0.2, 0.25) is 0 Å². The number of hydrogen-bond donors (Lipinski definition) is 1. The van der Waals surface area contributed by atoms with Crippen molar-refractivity contribution >= 4 is 5.91 Å². The third kappa shape index (κ3) is 4.28. The molecule has 1 unspecified atom stereocenters. The Morgan fingerprint density at radius 1 is 1.29 bits per heavy atom. The monoisotopic (exact) mass is 241 g/mol. The molecule has 4 nitrogen and oxygen atoms in total. The molecule has 1 N–H and O–H groups in total. The maximum Gasteiger partial charge on any atom is 0.239 e. The molecule has 0 saturated heterocycles. The summed E-state index contributed by atoms with van der Waals surface area (Å²) in [4.78, 5) is 16.5. The topological polar surface area (TPSA) is 35.6 Å². The van der Waals surface area contributed by atoms with E-state index in [9.17, 15) is 4.79 Å². The summed E-state index contributed by atoms with van der Waals surface area (Å²) in [5.74, 6) is 0.251. The number of nitrogens with one attached hydrogen (secondary N) is 1. The highest BCUT2D eigenvalue weighted by molar-refractivity contribution is 5.81. The molecule has 0 aromatic carbocycles. The van der Waals surface area contributed by atoms with Gasteiger partial charge in [-0.25, -0.2) is 0 Å². The van der Waals surface area contributed by atoms with Crippen molar-refractivity contribution in [2.24, 2.45) is 0 Å². The van der Waals surface area contributed by atoms with Gasteiger partial charge in [0.2, 0.25) is 5.91 Å². The molecule has 1 saturated carbocycles. The fourth-order valence-corrected chi connectivity index (χ4v) is 2.37. The first-order valence-corrected chi connectivity index (χ1v) is 6.68. The summed E-state index contributed by atoms with van der Waals surface area (Å²) in [6, 6.07) is 0.399. The van der Waals surface area contributed by atoms with Gasteiger partial charge in [0, 0.05) is 19.1 Å². The Balaban J connectivity index is 2.60. The molecule has 0 bridgehead atoms. The second-order valence-corrected chi connectivity index (χ2v) is 5.28. The molecule has 1 aliphatic rings. The van der Waals surface area contributed by atoms with Gasteiger partial charge in [-0.05, 0) is 40.9 Å². The highest BCUT2D eigenvalue weighted by Crippen LogP contribution is 2.23. The van der Waals surface area contributed by atoms with Crippen LogP contribution in [-0.2, 0) is 4.79 Å². The van der Waals surface area contributed by atoms with Gasteiger partial charge in [-0.15, -0.1) is 0 Å². The van der Waals surface area contributed by atoms with Gasteiger partial charge in [0.25, 0.3) is 0 Å². The minimum absolute atomic E-state index is 0.0715. The average molecular weight is 241 g/mol. The minimum Gasteiger partial charge on any atom is -0.337 e. The summed E-state index contributed by atoms with van der Waals surface area (Å²) in [5, 5.41) is 3.05. The predicted molar refractivity (Wildman–Crippen MR) is 71.0 cm³/mol. The molecule has 0 heterocycles. The van der Waals surface area contributed by atoms with Crippen LogP contribution < -0.4 is 5.32 Å². The highest BCUT2D eigenvalue weighted by Gasteiger charge is 2.28. The molecule has 0 aromatic heterocycles. The molecule has 1 rings (SSSR count). The molecule has 1 aliphatic carbocycles. The minimum atomic E-state index is -0.0715. The van der Waals surface area contributed by atoms with Crippen molar-refractivity contribution in [1.29, 1.82) is 0 Å². The maximum atomic E-state index is 12.3. The van der Waals surface area contributed by atoms with E-state index in [1.807, 2.05) is 14.0 Å². The quantitative estimate of drug-likeness (QED) is 0.751. The smallest absolute Gasteiger partial charge is 0.239 e. The first-order chi connectivity index (χ1) is 8.06. The fourth-order valence-electron chi connectivity index (χ4n) is 2.37. The first-order valence-electron chi connectivity index (χ1n) is 6.68. The Bertz CT molecular complexity index is 237. The lowest BCUT2D eigenvalue weighted by Crippen LogP contribution is -2.49. The van der Waals surface area contributed by atoms with E-state index in [4.69, 9.17) is 0 Å². The van der Waals surface area contributed by atoms with E-state index < -0.39 is 0 Å². The summed E-state index contributed by atoms with van der Waals surface area (Å²) in [6.07, 6.45) is 4.89. The molecule has 0 spiro atoms. The molecule has 17 heavy (non-hydrogen) atoms. The summed E-state index contributed by atoms with van der Waals surface area (Å²) in [7, 11) is 5.96. The molecule has 0 radical (unpaired) electrons. The Kier molecular flexibility index (Phi) is 5.92. The lowest BCUT2D eigenvalue weighted by Gasteiger charge is -2.32. The van der Waals surface area contributed by atoms with Crippen molar-refractivity contribution in [3.05, 3.63) is 0 Å². The number of carbonyl (C=O) groups excluding carboxylic acids is 1. The lowest BCUT2D eigenvalue weighted by molar-refractivity contribution is -0.135. The Hall–Kier alpha value is -0.610. The van der Waals surface area contributed by atoms with Crippen LogP contribution in [0.5, 0.6) is 0 Å². The Morgan fingerprint density at radius 3 is 2.35 bits per heavy atom. The SMILES string of the molecule is CNC(C)C(=O)N(CCN(C)C)C1CCCC1. The van der Waals surface area contributed by atoms with E-state index in [-0.39, 0.29) is 11.9 Å². The molecule has 1 fully saturated rings. The van der Waals surface area contributed by atoms with Crippen molar-refractivity contribution in [1.82, 2.24) is 15.1 Å². The van der Waals surface area contributed by atoms with E-state index in [0.717, 1.165) is 13.1 Å². The zero-order valence-electron chi connectivity index (χ0n) is 11.7. The van der Waals surface area contributed by atoms with Gasteiger partial charge in [0.15, 0.2) is 0 Å². The van der Waals surface area contributed by atoms with E-state index in [0.29, 0.717) is 6.04 Å². The Morgan fingerprint density at radius 2 is 1.88 bits per heavy atom. The van der Waals surface area contributed by atoms with Gasteiger partial charge in [-0.1, -0.05) is 12.8 Å². The van der Waals surface area contributed by atoms with Crippen molar-refractivity contribution < 1.29 is 4.79 Å². The van der Waals surface area contributed by atoms with Crippen LogP contribution in [0.15, 0.2) is 0 Å². The lowest BCUT2D eigenvalue weighted by atomic mass is 10.1. The van der Waals surface area contributed by atoms with Crippen LogP contribution in [0.3, 0.4) is 0 Å². The molecule has 1 atom stereocenters. The Labute approximate surface area is 105 Å². The summed E-state index contributed by atoms with van der Waals surface area (Å²) in [5.41, 5.74) is 0. The van der Waals surface area contributed by atoms with Gasteiger partial charge < -0.3 is 15.1 Å². The third-order valence-corrected chi connectivity index (χ3v) is 3.64. The first kappa shape index (κ1) is 14.5. The molecule has 1 amide bonds. The van der Waals surface area contributed by atoms with E-state index >= 15 is 0 Å². The van der Waals surface area contributed by atoms with Gasteiger partial charge in [0.1, 0.15) is 0 Å². The van der Waals surface area contributed by atoms with Gasteiger partial charge in [0.05, 0.1) is 6.04 Å². The second kappa shape index (κ2) is 6.97. The average Bonchev–Trinajstić information content (AvgIpc) is 2.81. The van der Waals surface area contributed by atoms with Gasteiger partial charge >= 0.3 is 0 Å². The largest absolute Gasteiger partial charge is 0.337 e. The standard InChI is InChI=1S/C13H27N3O/c1-11(14-2)13(17)16(10-9-15(3)4)12-7-5-6-8-12/h11-12,14H,5-10H2,1-4H3. The normalized spacial score (nSPS) is 18.6. The third-order valence-electron chi connectivity index (χ3n) is 3.64. The van der Waals surface area contributed by atoms with Crippen LogP contribution in [0.4, 0.5) is 0 Å². The van der Waals surface area contributed by atoms with Crippen LogP contribution in [0.1, 0.15) is 32.6 Å². The zero-order chi connectivity index (χ0) is 12.8. The van der Waals surface area contributed by atoms with Gasteiger partial charge in [-0.3, -0.25) is 4.79 Å². The number of likely N-dealkylation sites (N-methyl/N-ethyl adjacent to an activating group) is 2. The number of nitrogens with zero attached hydrogens (tertiary/aromatic N) is 2. The van der Waals surface area contributed by atoms with E-state index in [1.165, 1.54) is 25.7 Å². The number of hydrogen-bond acceptors (Lipinski definition) is 3. The van der Waals surface area contributed by atoms with E-state index in [1.54, 1.807) is 0 Å². The molecular formula is C13H27N3O. The van der Waals surface area contributed by atoms with Crippen molar-refractivity contribution in [2.45, 2.75) is 44.7 Å². The highest BCUT2D eigenvalue weighted by atomic mass is 16.2. The number of amides is 1. The van der Waals surface area contributed by atoms with Crippen LogP contribution in [-0.4, -0.2) is 62.0 Å². The van der Waals surface area contributed by atoms with Crippen molar-refractivity contribution in [3.8, 4) is 0 Å². The summed E-state index contributed by atoms with van der Waals surface area (Å²) >= 11 is 0. The summed E-state index contributed by atoms with van der Waals surface area (Å²) < 4.78 is 0. The number of rotatable bonds is 6. The van der Waals surface area contributed by atoms with Crippen molar-refractivity contribution in [2.75, 3.05) is 34.2 Å². The maximum absolute atomic E-state index is 12.3. The van der Waals surface area contributed by atoms with Crippen molar-refractivity contribution in [3.63, 3.8) is 0 Å². The van der Waals surface area contributed by atoms with Crippen LogP contribution in [0.25, 0.3) is 0 Å². The van der Waals surface area contributed by atoms with Gasteiger partial charge in [-0.2, -0.15) is 0 Å². The zero-order valence-corrected chi connectivity index (χ0v) is 11.7. The van der Waals surface area contributed by atoms with E-state index in [2.05, 4.69) is 29.2 Å². The van der Waals surface area contributed by atoms with Crippen LogP contribution in [0, 0.1) is 0 Å². The number of carbonyl (C=O) groups is 1. The van der Waals surface area contributed by atoms with Crippen LogP contribution >= 0.6 is 0 Å². The second-order valence-electron chi connectivity index (χ2n) is 5.28. The fraction of sp³-hybridized carbons (Fsp3) is 0.923. The summed E-state index contributed by atoms with van der Waals surface area (Å²) in [6.45, 7) is 3.74. The molecule has 0 aromatic rings. The molecule has 4 heteroatoms. The molecule has 0 aliphatic heterocycles. The molecular weight excluding hydrogens is 214 g/mol.